The highest BCUT2D eigenvalue weighted by molar-refractivity contribution is 5.76. The van der Waals surface area contributed by atoms with E-state index in [1.807, 2.05) is 4.90 Å². The summed E-state index contributed by atoms with van der Waals surface area (Å²) in [5, 5.41) is 23.4. The first-order chi connectivity index (χ1) is 12.7. The summed E-state index contributed by atoms with van der Waals surface area (Å²) in [6, 6.07) is 4.34. The normalized spacial score (nSPS) is 18.7. The molecule has 9 heteroatoms. The highest BCUT2D eigenvalue weighted by Gasteiger charge is 2.22. The molecule has 2 aliphatic heterocycles. The van der Waals surface area contributed by atoms with E-state index < -0.39 is 0 Å². The molecule has 2 saturated heterocycles. The molecule has 0 aromatic carbocycles. The number of nitrogens with zero attached hydrogens (tertiary/aromatic N) is 6. The van der Waals surface area contributed by atoms with E-state index in [9.17, 15) is 4.79 Å². The third-order valence-electron chi connectivity index (χ3n) is 4.93. The Labute approximate surface area is 156 Å². The van der Waals surface area contributed by atoms with Crippen LogP contribution in [0.5, 0.6) is 0 Å². The highest BCUT2D eigenvalue weighted by Crippen LogP contribution is 2.04. The van der Waals surface area contributed by atoms with Crippen LogP contribution < -0.4 is 10.6 Å². The van der Waals surface area contributed by atoms with Crippen molar-refractivity contribution in [3.63, 3.8) is 0 Å². The molecule has 144 valence electrons. The van der Waals surface area contributed by atoms with E-state index in [-0.39, 0.29) is 6.03 Å². The maximum absolute atomic E-state index is 11.6. The van der Waals surface area contributed by atoms with Gasteiger partial charge < -0.3 is 15.5 Å². The lowest BCUT2D eigenvalue weighted by molar-refractivity contribution is 0.114. The lowest BCUT2D eigenvalue weighted by atomic mass is 10.3. The third kappa shape index (κ3) is 7.14. The Morgan fingerprint density at radius 3 is 2.35 bits per heavy atom. The fourth-order valence-electron chi connectivity index (χ4n) is 3.26. The largest absolute Gasteiger partial charge is 0.336 e. The molecule has 0 spiro atoms. The number of piperazine rings is 1. The molecule has 2 rings (SSSR count). The molecule has 2 aliphatic rings. The summed E-state index contributed by atoms with van der Waals surface area (Å²) < 4.78 is 0. The molecule has 2 fully saturated rings. The van der Waals surface area contributed by atoms with Crippen molar-refractivity contribution in [1.82, 2.24) is 30.2 Å². The molecular formula is C17H30N8O. The minimum Gasteiger partial charge on any atom is -0.336 e. The summed E-state index contributed by atoms with van der Waals surface area (Å²) >= 11 is 0. The van der Waals surface area contributed by atoms with Crippen LogP contribution in [-0.2, 0) is 0 Å². The van der Waals surface area contributed by atoms with Crippen LogP contribution in [0.2, 0.25) is 0 Å². The summed E-state index contributed by atoms with van der Waals surface area (Å²) in [7, 11) is 0. The SMILES string of the molecule is N#CCNCCN(CC#N)CCN1CCN(CCN2CCNC2=O)CC1. The topological polar surface area (TPSA) is 102 Å². The van der Waals surface area contributed by atoms with Crippen LogP contribution in [0.1, 0.15) is 0 Å². The van der Waals surface area contributed by atoms with Gasteiger partial charge in [-0.05, 0) is 0 Å². The predicted molar refractivity (Wildman–Crippen MR) is 98.4 cm³/mol. The van der Waals surface area contributed by atoms with E-state index in [4.69, 9.17) is 10.5 Å². The van der Waals surface area contributed by atoms with Crippen molar-refractivity contribution < 1.29 is 4.79 Å². The van der Waals surface area contributed by atoms with Gasteiger partial charge in [-0.1, -0.05) is 0 Å². The molecule has 0 aromatic rings. The van der Waals surface area contributed by atoms with Crippen molar-refractivity contribution in [3.8, 4) is 12.1 Å². The molecule has 0 saturated carbocycles. The van der Waals surface area contributed by atoms with Gasteiger partial charge in [-0.15, -0.1) is 0 Å². The van der Waals surface area contributed by atoms with Crippen LogP contribution in [0, 0.1) is 22.7 Å². The minimum absolute atomic E-state index is 0.0606. The van der Waals surface area contributed by atoms with Crippen molar-refractivity contribution in [2.24, 2.45) is 0 Å². The van der Waals surface area contributed by atoms with Crippen molar-refractivity contribution in [3.05, 3.63) is 0 Å². The Morgan fingerprint density at radius 1 is 1.00 bits per heavy atom. The molecule has 2 amide bonds. The van der Waals surface area contributed by atoms with Crippen molar-refractivity contribution in [2.45, 2.75) is 0 Å². The lowest BCUT2D eigenvalue weighted by Gasteiger charge is -2.36. The van der Waals surface area contributed by atoms with Gasteiger partial charge in [0.1, 0.15) is 0 Å². The Hall–Kier alpha value is -1.91. The number of urea groups is 1. The number of carbonyl (C=O) groups excluding carboxylic acids is 1. The summed E-state index contributed by atoms with van der Waals surface area (Å²) in [6.45, 7) is 11.5. The van der Waals surface area contributed by atoms with Gasteiger partial charge in [0, 0.05) is 78.5 Å². The van der Waals surface area contributed by atoms with Gasteiger partial charge in [-0.2, -0.15) is 10.5 Å². The van der Waals surface area contributed by atoms with Crippen LogP contribution in [0.15, 0.2) is 0 Å². The number of hydrogen-bond acceptors (Lipinski definition) is 7. The Morgan fingerprint density at radius 2 is 1.73 bits per heavy atom. The van der Waals surface area contributed by atoms with E-state index in [1.165, 1.54) is 0 Å². The second-order valence-corrected chi connectivity index (χ2v) is 6.67. The zero-order valence-corrected chi connectivity index (χ0v) is 15.5. The van der Waals surface area contributed by atoms with Crippen LogP contribution in [-0.4, -0.2) is 117 Å². The molecule has 0 radical (unpaired) electrons. The summed E-state index contributed by atoms with van der Waals surface area (Å²) in [5.41, 5.74) is 0. The Bertz CT molecular complexity index is 506. The van der Waals surface area contributed by atoms with E-state index in [1.54, 1.807) is 0 Å². The molecule has 26 heavy (non-hydrogen) atoms. The zero-order valence-electron chi connectivity index (χ0n) is 15.5. The Balaban J connectivity index is 1.58. The van der Waals surface area contributed by atoms with Gasteiger partial charge in [0.05, 0.1) is 25.2 Å². The average Bonchev–Trinajstić information content (AvgIpc) is 3.07. The summed E-state index contributed by atoms with van der Waals surface area (Å²) in [6.07, 6.45) is 0. The average molecular weight is 362 g/mol. The van der Waals surface area contributed by atoms with Gasteiger partial charge >= 0.3 is 6.03 Å². The molecule has 2 heterocycles. The van der Waals surface area contributed by atoms with Crippen LogP contribution in [0.4, 0.5) is 4.79 Å². The van der Waals surface area contributed by atoms with Gasteiger partial charge in [-0.25, -0.2) is 4.79 Å². The molecule has 0 bridgehead atoms. The monoisotopic (exact) mass is 362 g/mol. The number of nitriles is 2. The van der Waals surface area contributed by atoms with Crippen LogP contribution in [0.3, 0.4) is 0 Å². The first-order valence-corrected chi connectivity index (χ1v) is 9.37. The number of nitrogens with one attached hydrogen (secondary N) is 2. The second-order valence-electron chi connectivity index (χ2n) is 6.67. The fourth-order valence-corrected chi connectivity index (χ4v) is 3.26. The fraction of sp³-hybridized carbons (Fsp3) is 0.824. The number of rotatable bonds is 11. The van der Waals surface area contributed by atoms with E-state index in [0.29, 0.717) is 13.1 Å². The zero-order chi connectivity index (χ0) is 18.6. The third-order valence-corrected chi connectivity index (χ3v) is 4.93. The molecule has 9 nitrogen and oxygen atoms in total. The number of hydrogen-bond donors (Lipinski definition) is 2. The van der Waals surface area contributed by atoms with E-state index >= 15 is 0 Å². The maximum atomic E-state index is 11.6. The first kappa shape index (κ1) is 20.4. The lowest BCUT2D eigenvalue weighted by Crippen LogP contribution is -2.50. The second kappa shape index (κ2) is 11.7. The van der Waals surface area contributed by atoms with Gasteiger partial charge in [0.15, 0.2) is 0 Å². The summed E-state index contributed by atoms with van der Waals surface area (Å²) in [5.74, 6) is 0. The first-order valence-electron chi connectivity index (χ1n) is 9.37. The van der Waals surface area contributed by atoms with Crippen molar-refractivity contribution in [1.29, 1.82) is 10.5 Å². The van der Waals surface area contributed by atoms with Crippen LogP contribution >= 0.6 is 0 Å². The predicted octanol–water partition coefficient (Wildman–Crippen LogP) is -1.43. The van der Waals surface area contributed by atoms with E-state index in [2.05, 4.69) is 37.5 Å². The number of carbonyl (C=O) groups is 1. The molecule has 0 aromatic heterocycles. The van der Waals surface area contributed by atoms with Crippen molar-refractivity contribution >= 4 is 6.03 Å². The van der Waals surface area contributed by atoms with Gasteiger partial charge in [0.2, 0.25) is 0 Å². The van der Waals surface area contributed by atoms with Crippen LogP contribution in [0.25, 0.3) is 0 Å². The summed E-state index contributed by atoms with van der Waals surface area (Å²) in [4.78, 5) is 20.4. The number of amides is 2. The van der Waals surface area contributed by atoms with Gasteiger partial charge in [-0.3, -0.25) is 14.7 Å². The van der Waals surface area contributed by atoms with Gasteiger partial charge in [0.25, 0.3) is 0 Å². The smallest absolute Gasteiger partial charge is 0.317 e. The Kier molecular flexibility index (Phi) is 9.15. The molecule has 0 atom stereocenters. The molecular weight excluding hydrogens is 332 g/mol. The molecule has 2 N–H and O–H groups in total. The van der Waals surface area contributed by atoms with Crippen molar-refractivity contribution in [2.75, 3.05) is 91.6 Å². The minimum atomic E-state index is 0.0606. The quantitative estimate of drug-likeness (QED) is 0.343. The van der Waals surface area contributed by atoms with E-state index in [0.717, 1.165) is 78.5 Å². The maximum Gasteiger partial charge on any atom is 0.317 e. The molecule has 0 unspecified atom stereocenters. The standard InChI is InChI=1S/C17H30N8O/c18-1-3-20-4-7-22(6-2-19)9-10-23-11-13-24(14-12-23)15-16-25-8-5-21-17(25)26/h20H,3-16H2,(H,21,26). The highest BCUT2D eigenvalue weighted by atomic mass is 16.2. The molecule has 0 aliphatic carbocycles.